The van der Waals surface area contributed by atoms with E-state index >= 15 is 0 Å². The Morgan fingerprint density at radius 3 is 1.84 bits per heavy atom. The number of esters is 2. The lowest BCUT2D eigenvalue weighted by atomic mass is 9.44. The lowest BCUT2D eigenvalue weighted by Gasteiger charge is -2.61. The molecule has 0 heterocycles. The molecule has 4 saturated carbocycles. The van der Waals surface area contributed by atoms with E-state index < -0.39 is 0 Å². The van der Waals surface area contributed by atoms with Gasteiger partial charge in [-0.25, -0.2) is 0 Å². The summed E-state index contributed by atoms with van der Waals surface area (Å²) in [5.41, 5.74) is 1.04. The molecule has 260 valence electrons. The highest BCUT2D eigenvalue weighted by Gasteiger charge is 2.60. The number of hydrogen-bond donors (Lipinski definition) is 0. The third-order valence-electron chi connectivity index (χ3n) is 14.4. The summed E-state index contributed by atoms with van der Waals surface area (Å²) in [5, 5.41) is 0. The Labute approximate surface area is 279 Å². The van der Waals surface area contributed by atoms with Crippen molar-refractivity contribution >= 4 is 11.9 Å². The summed E-state index contributed by atoms with van der Waals surface area (Å²) in [6, 6.07) is 0. The predicted octanol–water partition coefficient (Wildman–Crippen LogP) is 12.8. The molecule has 0 N–H and O–H groups in total. The molecule has 4 rings (SSSR count). The molecule has 0 amide bonds. The lowest BCUT2D eigenvalue weighted by molar-refractivity contribution is -0.160. The Kier molecular flexibility index (Phi) is 15.3. The van der Waals surface area contributed by atoms with Crippen LogP contribution in [-0.4, -0.2) is 11.9 Å². The molecule has 1 unspecified atom stereocenters. The van der Waals surface area contributed by atoms with Crippen molar-refractivity contribution in [1.29, 1.82) is 0 Å². The molecule has 0 aliphatic heterocycles. The van der Waals surface area contributed by atoms with Crippen molar-refractivity contribution in [3.05, 3.63) is 0 Å². The second kappa shape index (κ2) is 18.6. The number of rotatable bonds is 20. The maximum absolute atomic E-state index is 12.6. The molecular weight excluding hydrogens is 552 g/mol. The van der Waals surface area contributed by atoms with Crippen molar-refractivity contribution in [3.8, 4) is 0 Å². The summed E-state index contributed by atoms with van der Waals surface area (Å²) in [4.78, 5) is 25.0. The van der Waals surface area contributed by atoms with Crippen LogP contribution in [0.3, 0.4) is 0 Å². The zero-order valence-electron chi connectivity index (χ0n) is 30.5. The summed E-state index contributed by atoms with van der Waals surface area (Å²) in [6.45, 7) is 9.97. The van der Waals surface area contributed by atoms with Crippen LogP contribution >= 0.6 is 0 Å². The molecule has 3 heteroatoms. The first-order valence-electron chi connectivity index (χ1n) is 20.5. The summed E-state index contributed by atoms with van der Waals surface area (Å²) >= 11 is 0. The van der Waals surface area contributed by atoms with Crippen LogP contribution in [0.4, 0.5) is 0 Å². The van der Waals surface area contributed by atoms with Crippen LogP contribution in [0.25, 0.3) is 0 Å². The van der Waals surface area contributed by atoms with Crippen molar-refractivity contribution in [2.24, 2.45) is 46.3 Å². The summed E-state index contributed by atoms with van der Waals surface area (Å²) < 4.78 is 5.27. The molecule has 4 fully saturated rings. The van der Waals surface area contributed by atoms with E-state index in [2.05, 4.69) is 27.7 Å². The highest BCUT2D eigenvalue weighted by molar-refractivity contribution is 5.85. The van der Waals surface area contributed by atoms with Gasteiger partial charge in [-0.2, -0.15) is 0 Å². The Morgan fingerprint density at radius 2 is 1.20 bits per heavy atom. The average Bonchev–Trinajstić information content (AvgIpc) is 3.38. The molecule has 0 radical (unpaired) electrons. The molecule has 0 bridgehead atoms. The maximum Gasteiger partial charge on any atom is 0.313 e. The molecule has 0 aromatic heterocycles. The van der Waals surface area contributed by atoms with Crippen LogP contribution in [0.1, 0.15) is 207 Å². The highest BCUT2D eigenvalue weighted by atomic mass is 16.6. The first-order chi connectivity index (χ1) is 21.8. The molecule has 4 aliphatic rings. The fourth-order valence-corrected chi connectivity index (χ4v) is 11.7. The molecule has 0 aromatic rings. The third-order valence-corrected chi connectivity index (χ3v) is 14.4. The quantitative estimate of drug-likeness (QED) is 0.0767. The Bertz CT molecular complexity index is 881. The van der Waals surface area contributed by atoms with Crippen LogP contribution in [0.5, 0.6) is 0 Å². The average molecular weight is 627 g/mol. The standard InChI is InChI=1S/C42H74O3/c1-5-6-7-8-9-10-11-12-13-14-15-16-17-18-19-23-39(43)45-40(44)29-24-33(2)36-27-28-37-35-26-25-34-22-20-21-31-41(34,3)38(35)30-32-42(36,37)4/h33-38H,5-32H2,1-4H3/t33-,34?,35+,36-,37+,38+,41+,42-/m1/s1. The zero-order chi connectivity index (χ0) is 32.1. The smallest absolute Gasteiger partial charge is 0.313 e. The van der Waals surface area contributed by atoms with E-state index in [1.165, 1.54) is 148 Å². The Hall–Kier alpha value is -0.860. The van der Waals surface area contributed by atoms with Gasteiger partial charge < -0.3 is 4.74 Å². The van der Waals surface area contributed by atoms with Gasteiger partial charge in [-0.3, -0.25) is 9.59 Å². The van der Waals surface area contributed by atoms with Crippen LogP contribution in [-0.2, 0) is 14.3 Å². The highest BCUT2D eigenvalue weighted by Crippen LogP contribution is 2.68. The van der Waals surface area contributed by atoms with Crippen molar-refractivity contribution in [1.82, 2.24) is 0 Å². The lowest BCUT2D eigenvalue weighted by Crippen LogP contribution is -2.53. The van der Waals surface area contributed by atoms with E-state index in [1.807, 2.05) is 0 Å². The van der Waals surface area contributed by atoms with E-state index in [0.717, 1.165) is 42.9 Å². The maximum atomic E-state index is 12.6. The number of carbonyl (C=O) groups excluding carboxylic acids is 2. The van der Waals surface area contributed by atoms with Gasteiger partial charge >= 0.3 is 11.9 Å². The van der Waals surface area contributed by atoms with Crippen molar-refractivity contribution in [2.45, 2.75) is 207 Å². The molecule has 0 aromatic carbocycles. The Balaban J connectivity index is 1.04. The molecule has 8 atom stereocenters. The van der Waals surface area contributed by atoms with Crippen molar-refractivity contribution in [3.63, 3.8) is 0 Å². The molecule has 0 saturated heterocycles. The first kappa shape index (κ1) is 37.0. The van der Waals surface area contributed by atoms with Gasteiger partial charge in [-0.1, -0.05) is 130 Å². The van der Waals surface area contributed by atoms with Gasteiger partial charge in [-0.05, 0) is 111 Å². The van der Waals surface area contributed by atoms with E-state index in [1.54, 1.807) is 0 Å². The van der Waals surface area contributed by atoms with E-state index in [9.17, 15) is 9.59 Å². The third kappa shape index (κ3) is 10.1. The van der Waals surface area contributed by atoms with Crippen LogP contribution in [0.15, 0.2) is 0 Å². The predicted molar refractivity (Wildman–Crippen MR) is 189 cm³/mol. The van der Waals surface area contributed by atoms with Crippen molar-refractivity contribution in [2.75, 3.05) is 0 Å². The van der Waals surface area contributed by atoms with Gasteiger partial charge in [0.25, 0.3) is 0 Å². The van der Waals surface area contributed by atoms with Gasteiger partial charge in [0.2, 0.25) is 0 Å². The zero-order valence-corrected chi connectivity index (χ0v) is 30.5. The fraction of sp³-hybridized carbons (Fsp3) is 0.952. The molecular formula is C42H74O3. The number of hydrogen-bond acceptors (Lipinski definition) is 3. The number of carbonyl (C=O) groups is 2. The monoisotopic (exact) mass is 627 g/mol. The largest absolute Gasteiger partial charge is 0.393 e. The molecule has 45 heavy (non-hydrogen) atoms. The van der Waals surface area contributed by atoms with E-state index in [0.29, 0.717) is 35.5 Å². The Morgan fingerprint density at radius 1 is 0.622 bits per heavy atom. The normalized spacial score (nSPS) is 33.2. The first-order valence-corrected chi connectivity index (χ1v) is 20.5. The minimum atomic E-state index is -0.305. The van der Waals surface area contributed by atoms with Gasteiger partial charge in [0.15, 0.2) is 0 Å². The fourth-order valence-electron chi connectivity index (χ4n) is 11.7. The molecule has 0 spiro atoms. The van der Waals surface area contributed by atoms with Gasteiger partial charge in [-0.15, -0.1) is 0 Å². The summed E-state index contributed by atoms with van der Waals surface area (Å²) in [5.74, 6) is 4.39. The van der Waals surface area contributed by atoms with Crippen molar-refractivity contribution < 1.29 is 14.3 Å². The second-order valence-electron chi connectivity index (χ2n) is 17.2. The number of unbranched alkanes of at least 4 members (excludes halogenated alkanes) is 14. The second-order valence-corrected chi connectivity index (χ2v) is 17.2. The summed E-state index contributed by atoms with van der Waals surface area (Å²) in [6.07, 6.45) is 35.7. The minimum Gasteiger partial charge on any atom is -0.393 e. The molecule has 3 nitrogen and oxygen atoms in total. The topological polar surface area (TPSA) is 43.4 Å². The SMILES string of the molecule is CCCCCCCCCCCCCCCCCC(=O)OC(=O)CC[C@@H](C)[C@H]1CC[C@H]2[C@@H]3CCC4CCCC[C@]4(C)[C@H]3CC[C@]12C. The minimum absolute atomic E-state index is 0.292. The summed E-state index contributed by atoms with van der Waals surface area (Å²) in [7, 11) is 0. The van der Waals surface area contributed by atoms with Gasteiger partial charge in [0, 0.05) is 12.8 Å². The van der Waals surface area contributed by atoms with E-state index in [4.69, 9.17) is 4.74 Å². The van der Waals surface area contributed by atoms with Gasteiger partial charge in [0.05, 0.1) is 0 Å². The molecule has 4 aliphatic carbocycles. The van der Waals surface area contributed by atoms with Crippen LogP contribution in [0, 0.1) is 46.3 Å². The van der Waals surface area contributed by atoms with Crippen LogP contribution in [0.2, 0.25) is 0 Å². The number of fused-ring (bicyclic) bond motifs is 5. The number of ether oxygens (including phenoxy) is 1. The van der Waals surface area contributed by atoms with Crippen LogP contribution < -0.4 is 0 Å². The van der Waals surface area contributed by atoms with Gasteiger partial charge in [0.1, 0.15) is 0 Å². The van der Waals surface area contributed by atoms with E-state index in [-0.39, 0.29) is 11.9 Å².